The summed E-state index contributed by atoms with van der Waals surface area (Å²) >= 11 is 0. The highest BCUT2D eigenvalue weighted by atomic mass is 16.3. The van der Waals surface area contributed by atoms with Gasteiger partial charge in [-0.1, -0.05) is 109 Å². The summed E-state index contributed by atoms with van der Waals surface area (Å²) in [5.41, 5.74) is 9.86. The van der Waals surface area contributed by atoms with E-state index >= 15 is 0 Å². The van der Waals surface area contributed by atoms with Gasteiger partial charge in [-0.05, 0) is 82.4 Å². The molecule has 0 aliphatic heterocycles. The van der Waals surface area contributed by atoms with Crippen molar-refractivity contribution in [3.8, 4) is 22.6 Å². The topological polar surface area (TPSA) is 42.4 Å². The van der Waals surface area contributed by atoms with Crippen LogP contribution in [0.15, 0.2) is 179 Å². The molecule has 4 heteroatoms. The number of hydrogen-bond acceptors (Lipinski definition) is 4. The number of furan rings is 1. The van der Waals surface area contributed by atoms with E-state index in [9.17, 15) is 0 Å². The molecule has 0 unspecified atom stereocenters. The summed E-state index contributed by atoms with van der Waals surface area (Å²) in [6.07, 6.45) is 0. The van der Waals surface area contributed by atoms with Crippen molar-refractivity contribution >= 4 is 71.6 Å². The van der Waals surface area contributed by atoms with Crippen LogP contribution in [0.2, 0.25) is 0 Å². The molecule has 0 atom stereocenters. The molecule has 0 N–H and O–H groups in total. The Hall–Kier alpha value is -6.65. The Morgan fingerprint density at radius 1 is 0.429 bits per heavy atom. The number of oxazole rings is 1. The maximum atomic E-state index is 6.46. The molecular weight excluding hydrogens is 601 g/mol. The van der Waals surface area contributed by atoms with Crippen LogP contribution in [-0.2, 0) is 0 Å². The Kier molecular flexibility index (Phi) is 6.15. The van der Waals surface area contributed by atoms with Crippen molar-refractivity contribution in [3.05, 3.63) is 170 Å². The number of aromatic nitrogens is 1. The smallest absolute Gasteiger partial charge is 0.227 e. The normalized spacial score (nSPS) is 11.7. The third-order valence-corrected chi connectivity index (χ3v) is 9.47. The first-order chi connectivity index (χ1) is 24.3. The summed E-state index contributed by atoms with van der Waals surface area (Å²) in [7, 11) is 0. The van der Waals surface area contributed by atoms with Gasteiger partial charge in [0.05, 0.1) is 0 Å². The van der Waals surface area contributed by atoms with Gasteiger partial charge in [-0.2, -0.15) is 0 Å². The molecule has 0 spiro atoms. The largest absolute Gasteiger partial charge is 0.455 e. The number of fused-ring (bicyclic) bond motifs is 8. The quantitative estimate of drug-likeness (QED) is 0.178. The highest BCUT2D eigenvalue weighted by molar-refractivity contribution is 6.18. The van der Waals surface area contributed by atoms with E-state index in [4.69, 9.17) is 13.8 Å². The fourth-order valence-electron chi connectivity index (χ4n) is 7.15. The van der Waals surface area contributed by atoms with Crippen molar-refractivity contribution in [1.29, 1.82) is 0 Å². The van der Waals surface area contributed by atoms with Crippen molar-refractivity contribution < 1.29 is 8.83 Å². The Morgan fingerprint density at radius 3 is 1.98 bits per heavy atom. The van der Waals surface area contributed by atoms with Gasteiger partial charge in [-0.15, -0.1) is 0 Å². The third-order valence-electron chi connectivity index (χ3n) is 9.47. The number of nitrogens with zero attached hydrogens (tertiary/aromatic N) is 2. The second-order valence-corrected chi connectivity index (χ2v) is 12.4. The van der Waals surface area contributed by atoms with Gasteiger partial charge in [0.15, 0.2) is 5.58 Å². The highest BCUT2D eigenvalue weighted by Gasteiger charge is 2.18. The fraction of sp³-hybridized carbons (Fsp3) is 0. The van der Waals surface area contributed by atoms with Gasteiger partial charge < -0.3 is 13.7 Å². The first kappa shape index (κ1) is 27.5. The maximum Gasteiger partial charge on any atom is 0.227 e. The molecule has 2 heterocycles. The van der Waals surface area contributed by atoms with Crippen molar-refractivity contribution in [2.45, 2.75) is 0 Å². The number of para-hydroxylation sites is 3. The van der Waals surface area contributed by atoms with Crippen LogP contribution in [0.3, 0.4) is 0 Å². The van der Waals surface area contributed by atoms with Crippen molar-refractivity contribution in [2.75, 3.05) is 4.90 Å². The number of benzene rings is 8. The van der Waals surface area contributed by atoms with Gasteiger partial charge in [0.1, 0.15) is 16.7 Å². The zero-order chi connectivity index (χ0) is 32.3. The van der Waals surface area contributed by atoms with Gasteiger partial charge in [0.2, 0.25) is 5.89 Å². The second-order valence-electron chi connectivity index (χ2n) is 12.4. The van der Waals surface area contributed by atoms with E-state index in [0.717, 1.165) is 88.3 Å². The van der Waals surface area contributed by atoms with E-state index < -0.39 is 0 Å². The van der Waals surface area contributed by atoms with Crippen LogP contribution in [0, 0.1) is 0 Å². The van der Waals surface area contributed by atoms with Gasteiger partial charge in [0.25, 0.3) is 0 Å². The first-order valence-electron chi connectivity index (χ1n) is 16.5. The minimum absolute atomic E-state index is 0.631. The van der Waals surface area contributed by atoms with Crippen molar-refractivity contribution in [2.24, 2.45) is 0 Å². The Balaban J connectivity index is 1.09. The molecule has 4 nitrogen and oxygen atoms in total. The third kappa shape index (κ3) is 4.49. The van der Waals surface area contributed by atoms with Gasteiger partial charge in [-0.3, -0.25) is 0 Å². The molecule has 0 amide bonds. The van der Waals surface area contributed by atoms with Crippen LogP contribution in [0.5, 0.6) is 0 Å². The van der Waals surface area contributed by atoms with E-state index in [1.165, 1.54) is 0 Å². The molecule has 0 fully saturated rings. The zero-order valence-electron chi connectivity index (χ0n) is 26.4. The lowest BCUT2D eigenvalue weighted by Gasteiger charge is -2.26. The molecule has 0 radical (unpaired) electrons. The minimum atomic E-state index is 0.631. The standard InChI is InChI=1S/C45H28N2O2/c1-3-10-31(11-4-1)45-46-40-27-22-30-18-19-32-28-35(25-26-36(32)42(30)44(40)49-45)47(33-12-5-2-6-13-33)34-23-20-29(21-24-34)37-15-9-16-39-38-14-7-8-17-41(38)48-43(37)39/h1-28H. The molecule has 10 aromatic rings. The molecule has 230 valence electrons. The van der Waals surface area contributed by atoms with Crippen LogP contribution >= 0.6 is 0 Å². The van der Waals surface area contributed by atoms with Crippen LogP contribution in [-0.4, -0.2) is 4.98 Å². The molecule has 0 saturated heterocycles. The van der Waals surface area contributed by atoms with E-state index in [0.29, 0.717) is 5.89 Å². The van der Waals surface area contributed by atoms with E-state index in [1.807, 2.05) is 48.5 Å². The minimum Gasteiger partial charge on any atom is -0.455 e. The molecular formula is C45H28N2O2. The van der Waals surface area contributed by atoms with Crippen LogP contribution in [0.1, 0.15) is 0 Å². The average molecular weight is 629 g/mol. The van der Waals surface area contributed by atoms with Crippen molar-refractivity contribution in [1.82, 2.24) is 4.98 Å². The average Bonchev–Trinajstić information content (AvgIpc) is 3.78. The lowest BCUT2D eigenvalue weighted by molar-refractivity contribution is 0.623. The predicted octanol–water partition coefficient (Wildman–Crippen LogP) is 12.8. The molecule has 0 aliphatic rings. The van der Waals surface area contributed by atoms with Crippen molar-refractivity contribution in [3.63, 3.8) is 0 Å². The summed E-state index contributed by atoms with van der Waals surface area (Å²) < 4.78 is 12.8. The van der Waals surface area contributed by atoms with Gasteiger partial charge in [0, 0.05) is 44.3 Å². The molecule has 8 aromatic carbocycles. The van der Waals surface area contributed by atoms with E-state index in [-0.39, 0.29) is 0 Å². The van der Waals surface area contributed by atoms with Crippen LogP contribution in [0.4, 0.5) is 17.1 Å². The number of hydrogen-bond donors (Lipinski definition) is 0. The summed E-state index contributed by atoms with van der Waals surface area (Å²) in [5.74, 6) is 0.631. The van der Waals surface area contributed by atoms with Crippen LogP contribution < -0.4 is 4.90 Å². The Bertz CT molecular complexity index is 2820. The van der Waals surface area contributed by atoms with Gasteiger partial charge in [-0.25, -0.2) is 4.98 Å². The Labute approximate surface area is 282 Å². The summed E-state index contributed by atoms with van der Waals surface area (Å²) in [4.78, 5) is 7.14. The SMILES string of the molecule is c1ccc(-c2nc3ccc4ccc5cc(N(c6ccccc6)c6ccc(-c7cccc8c7oc7ccccc78)cc6)ccc5c4c3o2)cc1. The number of rotatable bonds is 5. The zero-order valence-corrected chi connectivity index (χ0v) is 26.4. The van der Waals surface area contributed by atoms with E-state index in [2.05, 4.69) is 126 Å². The molecule has 2 aromatic heterocycles. The maximum absolute atomic E-state index is 6.46. The first-order valence-corrected chi connectivity index (χ1v) is 16.5. The Morgan fingerprint density at radius 2 is 1.12 bits per heavy atom. The molecule has 49 heavy (non-hydrogen) atoms. The highest BCUT2D eigenvalue weighted by Crippen LogP contribution is 2.41. The summed E-state index contributed by atoms with van der Waals surface area (Å²) in [6.45, 7) is 0. The number of anilines is 3. The predicted molar refractivity (Wildman–Crippen MR) is 202 cm³/mol. The van der Waals surface area contributed by atoms with Gasteiger partial charge >= 0.3 is 0 Å². The molecule has 0 aliphatic carbocycles. The lowest BCUT2D eigenvalue weighted by atomic mass is 9.99. The fourth-order valence-corrected chi connectivity index (χ4v) is 7.15. The summed E-state index contributed by atoms with van der Waals surface area (Å²) in [6, 6.07) is 59.2. The lowest BCUT2D eigenvalue weighted by Crippen LogP contribution is -2.09. The monoisotopic (exact) mass is 628 g/mol. The van der Waals surface area contributed by atoms with Crippen LogP contribution in [0.25, 0.3) is 77.2 Å². The molecule has 0 bridgehead atoms. The summed E-state index contributed by atoms with van der Waals surface area (Å²) in [5, 5.41) is 6.72. The molecule has 0 saturated carbocycles. The second kappa shape index (κ2) is 11.0. The van der Waals surface area contributed by atoms with E-state index in [1.54, 1.807) is 0 Å². The molecule has 10 rings (SSSR count).